The van der Waals surface area contributed by atoms with E-state index in [1.165, 1.54) is 116 Å². The first-order valence-electron chi connectivity index (χ1n) is 32.7. The molecule has 0 spiro atoms. The van der Waals surface area contributed by atoms with Crippen molar-refractivity contribution in [3.05, 3.63) is 134 Å². The van der Waals surface area contributed by atoms with Crippen LogP contribution in [0.2, 0.25) is 0 Å². The van der Waals surface area contributed by atoms with E-state index in [2.05, 4.69) is 154 Å². The van der Waals surface area contributed by atoms with Crippen molar-refractivity contribution in [2.24, 2.45) is 0 Å². The predicted molar refractivity (Wildman–Crippen MR) is 343 cm³/mol. The van der Waals surface area contributed by atoms with Crippen molar-refractivity contribution in [1.29, 1.82) is 0 Å². The summed E-state index contributed by atoms with van der Waals surface area (Å²) >= 11 is 0. The monoisotopic (exact) mass is 1090 g/mol. The SMILES string of the molecule is CC/C=C\C/C=C\C/C=C\C/C=C\CCCCCCCCCCCCCCC(=O)OCC(COC(=O)CCCC/C=C\C/C=C\C/C=C\C/C=C\CC)OC(=O)CCCCCCCC/C=C\C/C=C\C/C=C\CCCCCCC. The first-order valence-corrected chi connectivity index (χ1v) is 32.7. The minimum absolute atomic E-state index is 0.101. The lowest BCUT2D eigenvalue weighted by Gasteiger charge is -2.18. The second-order valence-corrected chi connectivity index (χ2v) is 21.3. The lowest BCUT2D eigenvalue weighted by molar-refractivity contribution is -0.167. The van der Waals surface area contributed by atoms with Crippen molar-refractivity contribution in [3.63, 3.8) is 0 Å². The molecule has 0 radical (unpaired) electrons. The molecule has 0 N–H and O–H groups in total. The Labute approximate surface area is 487 Å². The number of carbonyl (C=O) groups is 3. The fourth-order valence-corrected chi connectivity index (χ4v) is 8.79. The summed E-state index contributed by atoms with van der Waals surface area (Å²) < 4.78 is 16.9. The topological polar surface area (TPSA) is 78.9 Å². The van der Waals surface area contributed by atoms with E-state index in [1.807, 2.05) is 0 Å². The highest BCUT2D eigenvalue weighted by molar-refractivity contribution is 5.71. The van der Waals surface area contributed by atoms with Gasteiger partial charge in [0.15, 0.2) is 6.10 Å². The molecular formula is C73H120O6. The van der Waals surface area contributed by atoms with E-state index in [-0.39, 0.29) is 31.1 Å². The lowest BCUT2D eigenvalue weighted by atomic mass is 10.0. The predicted octanol–water partition coefficient (Wildman–Crippen LogP) is 22.5. The molecule has 0 rings (SSSR count). The Kier molecular flexibility index (Phi) is 62.3. The number of hydrogen-bond acceptors (Lipinski definition) is 6. The van der Waals surface area contributed by atoms with Crippen LogP contribution in [0.15, 0.2) is 134 Å². The summed E-state index contributed by atoms with van der Waals surface area (Å²) in [6.45, 7) is 6.37. The Balaban J connectivity index is 4.42. The molecule has 0 aliphatic heterocycles. The largest absolute Gasteiger partial charge is 0.462 e. The highest BCUT2D eigenvalue weighted by Crippen LogP contribution is 2.15. The minimum atomic E-state index is -0.809. The van der Waals surface area contributed by atoms with Gasteiger partial charge >= 0.3 is 17.9 Å². The molecule has 0 amide bonds. The third-order valence-corrected chi connectivity index (χ3v) is 13.6. The molecule has 0 saturated heterocycles. The first kappa shape index (κ1) is 74.5. The Hall–Kier alpha value is -4.45. The van der Waals surface area contributed by atoms with Gasteiger partial charge in [-0.2, -0.15) is 0 Å². The second-order valence-electron chi connectivity index (χ2n) is 21.3. The number of unbranched alkanes of at least 4 members (excludes halogenated alkanes) is 25. The summed E-state index contributed by atoms with van der Waals surface area (Å²) in [5, 5.41) is 0. The molecule has 448 valence electrons. The summed E-state index contributed by atoms with van der Waals surface area (Å²) in [5.41, 5.74) is 0. The van der Waals surface area contributed by atoms with Crippen molar-refractivity contribution in [1.82, 2.24) is 0 Å². The quantitative estimate of drug-likeness (QED) is 0.0261. The van der Waals surface area contributed by atoms with Gasteiger partial charge in [0.25, 0.3) is 0 Å². The Morgan fingerprint density at radius 3 is 0.797 bits per heavy atom. The molecule has 0 aromatic carbocycles. The van der Waals surface area contributed by atoms with Crippen LogP contribution in [0.1, 0.15) is 290 Å². The number of carbonyl (C=O) groups excluding carboxylic acids is 3. The zero-order valence-electron chi connectivity index (χ0n) is 51.3. The molecule has 6 nitrogen and oxygen atoms in total. The van der Waals surface area contributed by atoms with E-state index >= 15 is 0 Å². The smallest absolute Gasteiger partial charge is 0.306 e. The van der Waals surface area contributed by atoms with Crippen molar-refractivity contribution >= 4 is 17.9 Å². The van der Waals surface area contributed by atoms with Crippen molar-refractivity contribution in [3.8, 4) is 0 Å². The third-order valence-electron chi connectivity index (χ3n) is 13.6. The molecule has 79 heavy (non-hydrogen) atoms. The molecule has 0 heterocycles. The van der Waals surface area contributed by atoms with Crippen LogP contribution in [0.4, 0.5) is 0 Å². The molecule has 0 aliphatic rings. The van der Waals surface area contributed by atoms with Gasteiger partial charge in [-0.25, -0.2) is 0 Å². The van der Waals surface area contributed by atoms with Crippen LogP contribution in [-0.4, -0.2) is 37.2 Å². The number of hydrogen-bond donors (Lipinski definition) is 0. The fraction of sp³-hybridized carbons (Fsp3) is 0.658. The fourth-order valence-electron chi connectivity index (χ4n) is 8.79. The molecule has 1 atom stereocenters. The van der Waals surface area contributed by atoms with Gasteiger partial charge in [-0.1, -0.05) is 270 Å². The standard InChI is InChI=1S/C73H120O6/c1-4-7-10-13-16-19-22-25-28-30-32-34-35-36-37-39-40-42-45-48-51-54-57-60-63-66-72(75)78-69-70(68-77-71(74)65-62-59-56-53-50-47-44-27-24-21-18-15-12-9-6-3)79-73(76)67-64-61-58-55-52-49-46-43-41-38-33-31-29-26-23-20-17-14-11-8-5-2/h7,9-10,12,16,18-19,21,23,25-28,31-34,41,43-44,50,53,70H,4-6,8,11,13-15,17,20,22,24,29-30,35-40,42,45-49,51-52,54-69H2,1-3H3/b10-7-,12-9-,19-16-,21-18-,26-23-,28-25-,33-31-,34-32-,43-41-,44-27-,53-50-. The van der Waals surface area contributed by atoms with Crippen molar-refractivity contribution in [2.75, 3.05) is 13.2 Å². The minimum Gasteiger partial charge on any atom is -0.462 e. The van der Waals surface area contributed by atoms with E-state index < -0.39 is 6.10 Å². The van der Waals surface area contributed by atoms with Gasteiger partial charge in [0.1, 0.15) is 13.2 Å². The van der Waals surface area contributed by atoms with E-state index in [0.29, 0.717) is 19.3 Å². The molecule has 1 unspecified atom stereocenters. The summed E-state index contributed by atoms with van der Waals surface area (Å²) in [4.78, 5) is 38.4. The molecule has 0 aromatic rings. The van der Waals surface area contributed by atoms with Crippen LogP contribution in [0.25, 0.3) is 0 Å². The van der Waals surface area contributed by atoms with E-state index in [4.69, 9.17) is 14.2 Å². The number of rotatable bonds is 58. The molecule has 0 saturated carbocycles. The van der Waals surface area contributed by atoms with Crippen LogP contribution in [0, 0.1) is 0 Å². The van der Waals surface area contributed by atoms with Crippen molar-refractivity contribution < 1.29 is 28.6 Å². The number of esters is 3. The van der Waals surface area contributed by atoms with Crippen LogP contribution in [0.5, 0.6) is 0 Å². The van der Waals surface area contributed by atoms with Gasteiger partial charge in [0.05, 0.1) is 0 Å². The van der Waals surface area contributed by atoms with Crippen LogP contribution in [-0.2, 0) is 28.6 Å². The summed E-state index contributed by atoms with van der Waals surface area (Å²) in [5.74, 6) is -0.955. The Morgan fingerprint density at radius 1 is 0.266 bits per heavy atom. The van der Waals surface area contributed by atoms with Crippen LogP contribution >= 0.6 is 0 Å². The van der Waals surface area contributed by atoms with E-state index in [9.17, 15) is 14.4 Å². The van der Waals surface area contributed by atoms with Gasteiger partial charge in [-0.15, -0.1) is 0 Å². The average Bonchev–Trinajstić information content (AvgIpc) is 3.45. The second kappa shape index (κ2) is 66.1. The molecule has 6 heteroatoms. The van der Waals surface area contributed by atoms with E-state index in [0.717, 1.165) is 135 Å². The Morgan fingerprint density at radius 2 is 0.494 bits per heavy atom. The summed E-state index contributed by atoms with van der Waals surface area (Å²) in [6, 6.07) is 0. The lowest BCUT2D eigenvalue weighted by Crippen LogP contribution is -2.30. The summed E-state index contributed by atoms with van der Waals surface area (Å²) in [7, 11) is 0. The zero-order valence-corrected chi connectivity index (χ0v) is 51.3. The van der Waals surface area contributed by atoms with Gasteiger partial charge in [-0.05, 0) is 135 Å². The number of ether oxygens (including phenoxy) is 3. The summed E-state index contributed by atoms with van der Waals surface area (Å²) in [6.07, 6.45) is 93.2. The highest BCUT2D eigenvalue weighted by atomic mass is 16.6. The van der Waals surface area contributed by atoms with Crippen LogP contribution in [0.3, 0.4) is 0 Å². The molecule has 0 bridgehead atoms. The molecule has 0 aromatic heterocycles. The van der Waals surface area contributed by atoms with E-state index in [1.54, 1.807) is 0 Å². The normalized spacial score (nSPS) is 13.0. The highest BCUT2D eigenvalue weighted by Gasteiger charge is 2.19. The van der Waals surface area contributed by atoms with Crippen molar-refractivity contribution in [2.45, 2.75) is 297 Å². The van der Waals surface area contributed by atoms with Gasteiger partial charge in [-0.3, -0.25) is 14.4 Å². The molecule has 0 aliphatic carbocycles. The zero-order chi connectivity index (χ0) is 57.1. The average molecular weight is 1090 g/mol. The van der Waals surface area contributed by atoms with Gasteiger partial charge in [0, 0.05) is 19.3 Å². The maximum Gasteiger partial charge on any atom is 0.306 e. The number of allylic oxidation sites excluding steroid dienone is 22. The maximum atomic E-state index is 12.9. The maximum absolute atomic E-state index is 12.9. The first-order chi connectivity index (χ1) is 39.0. The van der Waals surface area contributed by atoms with Gasteiger partial charge in [0.2, 0.25) is 0 Å². The van der Waals surface area contributed by atoms with Gasteiger partial charge < -0.3 is 14.2 Å². The third kappa shape index (κ3) is 64.3. The Bertz CT molecular complexity index is 1680. The van der Waals surface area contributed by atoms with Crippen LogP contribution < -0.4 is 0 Å². The molecular weight excluding hydrogens is 973 g/mol. The molecule has 0 fully saturated rings.